The summed E-state index contributed by atoms with van der Waals surface area (Å²) < 4.78 is 10.7. The summed E-state index contributed by atoms with van der Waals surface area (Å²) in [5.74, 6) is 2.03. The summed E-state index contributed by atoms with van der Waals surface area (Å²) in [4.78, 5) is 23.2. The third-order valence-corrected chi connectivity index (χ3v) is 5.21. The van der Waals surface area contributed by atoms with Gasteiger partial charge in [-0.1, -0.05) is 30.3 Å². The Bertz CT molecular complexity index is 1070. The van der Waals surface area contributed by atoms with Crippen molar-refractivity contribution in [1.29, 1.82) is 0 Å². The molecule has 146 valence electrons. The fraction of sp³-hybridized carbons (Fsp3) is 0.227. The number of fused-ring (bicyclic) bond motifs is 2. The van der Waals surface area contributed by atoms with Gasteiger partial charge in [-0.2, -0.15) is 0 Å². The lowest BCUT2D eigenvalue weighted by atomic mass is 10.00. The molecule has 0 unspecified atom stereocenters. The van der Waals surface area contributed by atoms with E-state index in [2.05, 4.69) is 27.4 Å². The van der Waals surface area contributed by atoms with E-state index in [0.29, 0.717) is 31.1 Å². The number of aromatic nitrogens is 2. The van der Waals surface area contributed by atoms with Gasteiger partial charge in [0, 0.05) is 25.7 Å². The third-order valence-electron chi connectivity index (χ3n) is 5.21. The van der Waals surface area contributed by atoms with Crippen LogP contribution in [0.25, 0.3) is 0 Å². The highest BCUT2D eigenvalue weighted by atomic mass is 16.7. The summed E-state index contributed by atoms with van der Waals surface area (Å²) in [6, 6.07) is 15.8. The van der Waals surface area contributed by atoms with E-state index in [1.165, 1.54) is 17.5 Å². The normalized spacial score (nSPS) is 14.4. The standard InChI is InChI=1S/C22H20N4O3/c27-22(26-8-7-16-3-1-2-4-17(16)12-26)18-10-21(25-13-24-18)23-11-15-5-6-19-20(9-15)29-14-28-19/h1-6,9-10,13H,7-8,11-12,14H2,(H,23,24,25). The average Bonchev–Trinajstić information content (AvgIpc) is 3.25. The Labute approximate surface area is 168 Å². The zero-order chi connectivity index (χ0) is 19.6. The Balaban J connectivity index is 1.27. The van der Waals surface area contributed by atoms with Gasteiger partial charge in [0.2, 0.25) is 6.79 Å². The van der Waals surface area contributed by atoms with Crippen molar-refractivity contribution in [2.75, 3.05) is 18.7 Å². The van der Waals surface area contributed by atoms with Gasteiger partial charge in [0.05, 0.1) is 0 Å². The maximum atomic E-state index is 12.9. The van der Waals surface area contributed by atoms with Crippen LogP contribution >= 0.6 is 0 Å². The molecule has 2 aliphatic rings. The SMILES string of the molecule is O=C(c1cc(NCc2ccc3c(c2)OCO3)ncn1)N1CCc2ccccc2C1. The largest absolute Gasteiger partial charge is 0.454 e. The molecule has 2 aromatic carbocycles. The molecule has 29 heavy (non-hydrogen) atoms. The van der Waals surface area contributed by atoms with Gasteiger partial charge in [-0.25, -0.2) is 9.97 Å². The number of amides is 1. The first kappa shape index (κ1) is 17.5. The summed E-state index contributed by atoms with van der Waals surface area (Å²) in [6.07, 6.45) is 2.29. The number of carbonyl (C=O) groups is 1. The number of ether oxygens (including phenoxy) is 2. The van der Waals surface area contributed by atoms with Gasteiger partial charge >= 0.3 is 0 Å². The molecule has 1 amide bonds. The number of carbonyl (C=O) groups excluding carboxylic acids is 1. The van der Waals surface area contributed by atoms with Crippen molar-refractivity contribution in [2.24, 2.45) is 0 Å². The minimum absolute atomic E-state index is 0.0759. The molecule has 7 nitrogen and oxygen atoms in total. The van der Waals surface area contributed by atoms with Crippen LogP contribution in [-0.4, -0.2) is 34.1 Å². The second-order valence-electron chi connectivity index (χ2n) is 7.08. The van der Waals surface area contributed by atoms with Gasteiger partial charge in [-0.05, 0) is 35.2 Å². The van der Waals surface area contributed by atoms with Crippen LogP contribution in [0.5, 0.6) is 11.5 Å². The summed E-state index contributed by atoms with van der Waals surface area (Å²) in [7, 11) is 0. The lowest BCUT2D eigenvalue weighted by molar-refractivity contribution is 0.0728. The van der Waals surface area contributed by atoms with Crippen molar-refractivity contribution in [3.8, 4) is 11.5 Å². The van der Waals surface area contributed by atoms with E-state index >= 15 is 0 Å². The molecule has 2 aliphatic heterocycles. The first-order chi connectivity index (χ1) is 14.3. The molecule has 3 heterocycles. The van der Waals surface area contributed by atoms with E-state index in [4.69, 9.17) is 9.47 Å². The summed E-state index contributed by atoms with van der Waals surface area (Å²) in [5.41, 5.74) is 3.94. The number of nitrogens with zero attached hydrogens (tertiary/aromatic N) is 3. The molecule has 1 N–H and O–H groups in total. The van der Waals surface area contributed by atoms with Gasteiger partial charge in [-0.3, -0.25) is 4.79 Å². The fourth-order valence-electron chi connectivity index (χ4n) is 3.65. The van der Waals surface area contributed by atoms with E-state index in [0.717, 1.165) is 23.5 Å². The topological polar surface area (TPSA) is 76.6 Å². The van der Waals surface area contributed by atoms with Crippen LogP contribution in [0.3, 0.4) is 0 Å². The lowest BCUT2D eigenvalue weighted by Gasteiger charge is -2.28. The average molecular weight is 388 g/mol. The number of rotatable bonds is 4. The van der Waals surface area contributed by atoms with Gasteiger partial charge < -0.3 is 19.7 Å². The van der Waals surface area contributed by atoms with Crippen molar-refractivity contribution >= 4 is 11.7 Å². The zero-order valence-corrected chi connectivity index (χ0v) is 15.8. The third kappa shape index (κ3) is 3.59. The zero-order valence-electron chi connectivity index (χ0n) is 15.8. The van der Waals surface area contributed by atoms with Crippen molar-refractivity contribution in [3.63, 3.8) is 0 Å². The van der Waals surface area contributed by atoms with Crippen molar-refractivity contribution in [3.05, 3.63) is 77.2 Å². The molecule has 0 saturated heterocycles. The molecule has 0 atom stereocenters. The van der Waals surface area contributed by atoms with E-state index in [1.54, 1.807) is 6.07 Å². The van der Waals surface area contributed by atoms with Gasteiger partial charge in [0.1, 0.15) is 17.8 Å². The highest BCUT2D eigenvalue weighted by molar-refractivity contribution is 5.93. The molecule has 3 aromatic rings. The smallest absolute Gasteiger partial charge is 0.272 e. The molecule has 0 spiro atoms. The van der Waals surface area contributed by atoms with Crippen LogP contribution < -0.4 is 14.8 Å². The first-order valence-electron chi connectivity index (χ1n) is 9.57. The molecule has 0 radical (unpaired) electrons. The second kappa shape index (κ2) is 7.43. The van der Waals surface area contributed by atoms with Crippen LogP contribution in [0.15, 0.2) is 54.9 Å². The molecule has 0 bridgehead atoms. The molecule has 0 aliphatic carbocycles. The summed E-state index contributed by atoms with van der Waals surface area (Å²) in [5, 5.41) is 3.25. The number of nitrogens with one attached hydrogen (secondary N) is 1. The Kier molecular flexibility index (Phi) is 4.48. The minimum atomic E-state index is -0.0759. The fourth-order valence-corrected chi connectivity index (χ4v) is 3.65. The first-order valence-corrected chi connectivity index (χ1v) is 9.57. The van der Waals surface area contributed by atoms with E-state index in [9.17, 15) is 4.79 Å². The monoisotopic (exact) mass is 388 g/mol. The molecule has 1 aromatic heterocycles. The van der Waals surface area contributed by atoms with Gasteiger partial charge in [0.25, 0.3) is 5.91 Å². The molecule has 0 saturated carbocycles. The van der Waals surface area contributed by atoms with E-state index in [-0.39, 0.29) is 12.7 Å². The molecule has 7 heteroatoms. The maximum Gasteiger partial charge on any atom is 0.272 e. The maximum absolute atomic E-state index is 12.9. The molecular formula is C22H20N4O3. The Morgan fingerprint density at radius 3 is 2.83 bits per heavy atom. The van der Waals surface area contributed by atoms with Crippen LogP contribution in [0, 0.1) is 0 Å². The Hall–Kier alpha value is -3.61. The second-order valence-corrected chi connectivity index (χ2v) is 7.08. The quantitative estimate of drug-likeness (QED) is 0.740. The van der Waals surface area contributed by atoms with Crippen molar-refractivity contribution in [1.82, 2.24) is 14.9 Å². The van der Waals surface area contributed by atoms with Gasteiger partial charge in [0.15, 0.2) is 11.5 Å². The minimum Gasteiger partial charge on any atom is -0.454 e. The highest BCUT2D eigenvalue weighted by Gasteiger charge is 2.22. The summed E-state index contributed by atoms with van der Waals surface area (Å²) in [6.45, 7) is 2.11. The Morgan fingerprint density at radius 1 is 1.03 bits per heavy atom. The predicted molar refractivity (Wildman–Crippen MR) is 107 cm³/mol. The number of hydrogen-bond donors (Lipinski definition) is 1. The molecular weight excluding hydrogens is 368 g/mol. The van der Waals surface area contributed by atoms with Crippen molar-refractivity contribution in [2.45, 2.75) is 19.5 Å². The molecule has 0 fully saturated rings. The predicted octanol–water partition coefficient (Wildman–Crippen LogP) is 3.02. The molecule has 5 rings (SSSR count). The lowest BCUT2D eigenvalue weighted by Crippen LogP contribution is -2.36. The van der Waals surface area contributed by atoms with Crippen LogP contribution in [0.1, 0.15) is 27.2 Å². The van der Waals surface area contributed by atoms with Crippen LogP contribution in [0.2, 0.25) is 0 Å². The van der Waals surface area contributed by atoms with Crippen LogP contribution in [-0.2, 0) is 19.5 Å². The Morgan fingerprint density at radius 2 is 1.90 bits per heavy atom. The summed E-state index contributed by atoms with van der Waals surface area (Å²) >= 11 is 0. The van der Waals surface area contributed by atoms with Crippen molar-refractivity contribution < 1.29 is 14.3 Å². The number of benzene rings is 2. The van der Waals surface area contributed by atoms with E-state index in [1.807, 2.05) is 35.2 Å². The number of anilines is 1. The van der Waals surface area contributed by atoms with E-state index < -0.39 is 0 Å². The highest BCUT2D eigenvalue weighted by Crippen LogP contribution is 2.32. The van der Waals surface area contributed by atoms with Crippen LogP contribution in [0.4, 0.5) is 5.82 Å². The van der Waals surface area contributed by atoms with Gasteiger partial charge in [-0.15, -0.1) is 0 Å². The number of hydrogen-bond acceptors (Lipinski definition) is 6.